The SMILES string of the molecule is Cc1nn(CCCNC(=O)CCn2nc(C(F)(F)F)c(Br)c2C2CC2)cc1Br. The lowest BCUT2D eigenvalue weighted by Crippen LogP contribution is -2.26. The molecular formula is C17H20Br2F3N5O. The van der Waals surface area contributed by atoms with E-state index in [1.807, 2.05) is 13.1 Å². The van der Waals surface area contributed by atoms with Crippen molar-refractivity contribution in [3.63, 3.8) is 0 Å². The third-order valence-corrected chi connectivity index (χ3v) is 6.05. The summed E-state index contributed by atoms with van der Waals surface area (Å²) in [4.78, 5) is 12.1. The molecule has 154 valence electrons. The zero-order chi connectivity index (χ0) is 20.5. The van der Waals surface area contributed by atoms with Crippen molar-refractivity contribution in [2.24, 2.45) is 0 Å². The number of nitrogens with one attached hydrogen (secondary N) is 1. The smallest absolute Gasteiger partial charge is 0.356 e. The Balaban J connectivity index is 1.49. The number of carbonyl (C=O) groups is 1. The van der Waals surface area contributed by atoms with Crippen molar-refractivity contribution in [2.45, 2.75) is 57.8 Å². The fourth-order valence-corrected chi connectivity index (χ4v) is 4.07. The molecule has 28 heavy (non-hydrogen) atoms. The molecule has 0 radical (unpaired) electrons. The number of aromatic nitrogens is 4. The molecule has 2 aromatic heterocycles. The van der Waals surface area contributed by atoms with E-state index in [1.165, 1.54) is 4.68 Å². The van der Waals surface area contributed by atoms with Gasteiger partial charge in [0.25, 0.3) is 0 Å². The van der Waals surface area contributed by atoms with Gasteiger partial charge in [0.1, 0.15) is 0 Å². The van der Waals surface area contributed by atoms with Gasteiger partial charge in [-0.25, -0.2) is 0 Å². The van der Waals surface area contributed by atoms with Gasteiger partial charge in [0.05, 0.1) is 26.9 Å². The predicted octanol–water partition coefficient (Wildman–Crippen LogP) is 4.41. The summed E-state index contributed by atoms with van der Waals surface area (Å²) in [6.45, 7) is 3.16. The lowest BCUT2D eigenvalue weighted by atomic mass is 10.2. The maximum absolute atomic E-state index is 13.1. The average Bonchev–Trinajstić information content (AvgIpc) is 3.31. The monoisotopic (exact) mass is 525 g/mol. The van der Waals surface area contributed by atoms with E-state index in [9.17, 15) is 18.0 Å². The third kappa shape index (κ3) is 5.16. The van der Waals surface area contributed by atoms with E-state index in [4.69, 9.17) is 0 Å². The van der Waals surface area contributed by atoms with Gasteiger partial charge in [0, 0.05) is 31.6 Å². The Hall–Kier alpha value is -1.36. The standard InChI is InChI=1S/C17H20Br2F3N5O/c1-10-12(18)9-26(24-10)7-2-6-23-13(28)5-8-27-15(11-3-4-11)14(19)16(25-27)17(20,21)22/h9,11H,2-8H2,1H3,(H,23,28). The zero-order valence-corrected chi connectivity index (χ0v) is 18.4. The summed E-state index contributed by atoms with van der Waals surface area (Å²) in [5.41, 5.74) is 0.523. The summed E-state index contributed by atoms with van der Waals surface area (Å²) >= 11 is 6.45. The predicted molar refractivity (Wildman–Crippen MR) is 104 cm³/mol. The van der Waals surface area contributed by atoms with Gasteiger partial charge in [-0.15, -0.1) is 0 Å². The van der Waals surface area contributed by atoms with Gasteiger partial charge in [-0.2, -0.15) is 23.4 Å². The van der Waals surface area contributed by atoms with Gasteiger partial charge >= 0.3 is 6.18 Å². The summed E-state index contributed by atoms with van der Waals surface area (Å²) < 4.78 is 43.4. The van der Waals surface area contributed by atoms with Crippen LogP contribution in [-0.2, 0) is 24.1 Å². The molecule has 0 atom stereocenters. The number of rotatable bonds is 8. The van der Waals surface area contributed by atoms with E-state index in [1.54, 1.807) is 4.68 Å². The molecule has 1 saturated carbocycles. The molecule has 2 heterocycles. The highest BCUT2D eigenvalue weighted by atomic mass is 79.9. The average molecular weight is 527 g/mol. The summed E-state index contributed by atoms with van der Waals surface area (Å²) in [7, 11) is 0. The number of carbonyl (C=O) groups excluding carboxylic acids is 1. The Kier molecular flexibility index (Phi) is 6.53. The number of nitrogens with zero attached hydrogens (tertiary/aromatic N) is 4. The Morgan fingerprint density at radius 1 is 1.29 bits per heavy atom. The number of hydrogen-bond acceptors (Lipinski definition) is 3. The summed E-state index contributed by atoms with van der Waals surface area (Å²) in [6, 6.07) is 0. The largest absolute Gasteiger partial charge is 0.436 e. The number of amides is 1. The second-order valence-electron chi connectivity index (χ2n) is 6.82. The second-order valence-corrected chi connectivity index (χ2v) is 8.47. The van der Waals surface area contributed by atoms with Crippen molar-refractivity contribution < 1.29 is 18.0 Å². The van der Waals surface area contributed by atoms with Gasteiger partial charge in [-0.05, 0) is 58.0 Å². The normalized spacial score (nSPS) is 14.5. The molecule has 11 heteroatoms. The molecule has 0 aromatic carbocycles. The van der Waals surface area contributed by atoms with Crippen molar-refractivity contribution in [2.75, 3.05) is 6.54 Å². The van der Waals surface area contributed by atoms with Crippen molar-refractivity contribution in [3.05, 3.63) is 32.2 Å². The minimum absolute atomic E-state index is 0.00332. The van der Waals surface area contributed by atoms with Crippen molar-refractivity contribution in [1.29, 1.82) is 0 Å². The first kappa shape index (κ1) is 21.4. The fraction of sp³-hybridized carbons (Fsp3) is 0.588. The molecule has 0 spiro atoms. The Morgan fingerprint density at radius 2 is 2.00 bits per heavy atom. The quantitative estimate of drug-likeness (QED) is 0.518. The van der Waals surface area contributed by atoms with Gasteiger partial charge in [0.15, 0.2) is 5.69 Å². The maximum atomic E-state index is 13.1. The molecule has 2 aromatic rings. The highest BCUT2D eigenvalue weighted by Crippen LogP contribution is 2.47. The van der Waals surface area contributed by atoms with Crippen molar-refractivity contribution >= 4 is 37.8 Å². The molecule has 1 amide bonds. The Morgan fingerprint density at radius 3 is 2.57 bits per heavy atom. The zero-order valence-electron chi connectivity index (χ0n) is 15.2. The van der Waals surface area contributed by atoms with Gasteiger partial charge in [-0.3, -0.25) is 14.2 Å². The lowest BCUT2D eigenvalue weighted by Gasteiger charge is -2.08. The molecule has 3 rings (SSSR count). The van der Waals surface area contributed by atoms with E-state index >= 15 is 0 Å². The maximum Gasteiger partial charge on any atom is 0.436 e. The number of alkyl halides is 3. The van der Waals surface area contributed by atoms with Gasteiger partial charge < -0.3 is 5.32 Å². The third-order valence-electron chi connectivity index (χ3n) is 4.49. The van der Waals surface area contributed by atoms with Gasteiger partial charge in [0.2, 0.25) is 5.91 Å². The van der Waals surface area contributed by atoms with Crippen LogP contribution in [0.15, 0.2) is 15.1 Å². The highest BCUT2D eigenvalue weighted by molar-refractivity contribution is 9.10. The molecule has 1 aliphatic rings. The highest BCUT2D eigenvalue weighted by Gasteiger charge is 2.41. The molecular weight excluding hydrogens is 507 g/mol. The second kappa shape index (κ2) is 8.56. The first-order chi connectivity index (χ1) is 13.2. The van der Waals surface area contributed by atoms with Crippen LogP contribution in [0.1, 0.15) is 48.7 Å². The summed E-state index contributed by atoms with van der Waals surface area (Å²) in [6.07, 6.45) is -0.163. The number of aryl methyl sites for hydroxylation is 3. The van der Waals surface area contributed by atoms with Crippen LogP contribution >= 0.6 is 31.9 Å². The molecule has 6 nitrogen and oxygen atoms in total. The molecule has 0 aliphatic heterocycles. The number of hydrogen-bond donors (Lipinski definition) is 1. The van der Waals surface area contributed by atoms with E-state index < -0.39 is 11.9 Å². The molecule has 0 unspecified atom stereocenters. The molecule has 0 saturated heterocycles. The summed E-state index contributed by atoms with van der Waals surface area (Å²) in [5, 5.41) is 10.8. The molecule has 1 N–H and O–H groups in total. The minimum Gasteiger partial charge on any atom is -0.356 e. The van der Waals surface area contributed by atoms with Crippen LogP contribution in [-0.4, -0.2) is 32.0 Å². The van der Waals surface area contributed by atoms with E-state index in [2.05, 4.69) is 47.4 Å². The van der Waals surface area contributed by atoms with Gasteiger partial charge in [-0.1, -0.05) is 0 Å². The first-order valence-electron chi connectivity index (χ1n) is 8.96. The van der Waals surface area contributed by atoms with E-state index in [0.29, 0.717) is 25.2 Å². The topological polar surface area (TPSA) is 64.7 Å². The Bertz CT molecular complexity index is 838. The van der Waals surface area contributed by atoms with E-state index in [-0.39, 0.29) is 29.3 Å². The lowest BCUT2D eigenvalue weighted by molar-refractivity contribution is -0.142. The van der Waals surface area contributed by atoms with Crippen LogP contribution in [0.2, 0.25) is 0 Å². The Labute approximate surface area is 177 Å². The first-order valence-corrected chi connectivity index (χ1v) is 10.5. The van der Waals surface area contributed by atoms with Crippen LogP contribution in [0, 0.1) is 6.92 Å². The van der Waals surface area contributed by atoms with E-state index in [0.717, 1.165) is 23.0 Å². The van der Waals surface area contributed by atoms with Crippen LogP contribution < -0.4 is 5.32 Å². The molecule has 1 fully saturated rings. The number of halogens is 5. The fourth-order valence-electron chi connectivity index (χ4n) is 2.92. The molecule has 0 bridgehead atoms. The van der Waals surface area contributed by atoms with Crippen LogP contribution in [0.25, 0.3) is 0 Å². The van der Waals surface area contributed by atoms with Crippen LogP contribution in [0.5, 0.6) is 0 Å². The summed E-state index contributed by atoms with van der Waals surface area (Å²) in [5.74, 6) is -0.127. The van der Waals surface area contributed by atoms with Crippen molar-refractivity contribution in [3.8, 4) is 0 Å². The minimum atomic E-state index is -4.52. The van der Waals surface area contributed by atoms with Crippen molar-refractivity contribution in [1.82, 2.24) is 24.9 Å². The van der Waals surface area contributed by atoms with Crippen LogP contribution in [0.4, 0.5) is 13.2 Å². The van der Waals surface area contributed by atoms with Crippen LogP contribution in [0.3, 0.4) is 0 Å². The molecule has 1 aliphatic carbocycles.